The van der Waals surface area contributed by atoms with Gasteiger partial charge >= 0.3 is 6.11 Å². The zero-order chi connectivity index (χ0) is 7.33. The highest BCUT2D eigenvalue weighted by Gasteiger charge is 2.29. The van der Waals surface area contributed by atoms with Crippen LogP contribution in [0.25, 0.3) is 0 Å². The first kappa shape index (κ1) is 8.75. The predicted octanol–water partition coefficient (Wildman–Crippen LogP) is 1.79. The van der Waals surface area contributed by atoms with Crippen LogP contribution in [0.5, 0.6) is 0 Å². The lowest BCUT2D eigenvalue weighted by molar-refractivity contribution is -0.245. The Bertz CT molecular complexity index is 74.6. The number of ether oxygens (including phenoxy) is 1. The maximum atomic E-state index is 11.7. The van der Waals surface area contributed by atoms with E-state index in [0.29, 0.717) is 0 Å². The van der Waals surface area contributed by atoms with Gasteiger partial charge in [-0.05, 0) is 6.42 Å². The van der Waals surface area contributed by atoms with Gasteiger partial charge in [0.05, 0.1) is 6.61 Å². The van der Waals surface area contributed by atoms with Gasteiger partial charge in [0.15, 0.2) is 6.67 Å². The molecule has 0 aliphatic carbocycles. The van der Waals surface area contributed by atoms with Gasteiger partial charge in [0.25, 0.3) is 0 Å². The van der Waals surface area contributed by atoms with Crippen molar-refractivity contribution in [3.63, 3.8) is 0 Å². The van der Waals surface area contributed by atoms with E-state index in [1.54, 1.807) is 0 Å². The summed E-state index contributed by atoms with van der Waals surface area (Å²) < 4.78 is 38.4. The topological polar surface area (TPSA) is 9.23 Å². The Hall–Kier alpha value is -0.250. The van der Waals surface area contributed by atoms with Crippen LogP contribution in [0.1, 0.15) is 6.42 Å². The van der Waals surface area contributed by atoms with Gasteiger partial charge in [0.2, 0.25) is 0 Å². The molecule has 0 aromatic carbocycles. The van der Waals surface area contributed by atoms with E-state index in [2.05, 4.69) is 11.7 Å². The molecular formula is C5H8F3O. The summed E-state index contributed by atoms with van der Waals surface area (Å²) in [5.74, 6) is 0. The van der Waals surface area contributed by atoms with Crippen LogP contribution in [0.4, 0.5) is 13.2 Å². The van der Waals surface area contributed by atoms with Crippen molar-refractivity contribution in [2.45, 2.75) is 12.5 Å². The van der Waals surface area contributed by atoms with Gasteiger partial charge in [-0.1, -0.05) is 6.92 Å². The number of rotatable bonds is 4. The van der Waals surface area contributed by atoms with Crippen molar-refractivity contribution < 1.29 is 17.9 Å². The molecule has 0 N–H and O–H groups in total. The van der Waals surface area contributed by atoms with E-state index < -0.39 is 12.8 Å². The second-order valence-corrected chi connectivity index (χ2v) is 1.47. The van der Waals surface area contributed by atoms with Crippen molar-refractivity contribution in [2.24, 2.45) is 0 Å². The molecule has 0 amide bonds. The molecule has 0 saturated carbocycles. The van der Waals surface area contributed by atoms with Gasteiger partial charge in [-0.15, -0.1) is 0 Å². The monoisotopic (exact) mass is 141 g/mol. The van der Waals surface area contributed by atoms with Crippen LogP contribution in [-0.4, -0.2) is 19.4 Å². The summed E-state index contributed by atoms with van der Waals surface area (Å²) in [6.45, 7) is 1.26. The third-order valence-electron chi connectivity index (χ3n) is 0.613. The standard InChI is InChI=1S/C5H8F3O/c1-2-3-9-5(7,8)4-6/h1-4H2. The highest BCUT2D eigenvalue weighted by molar-refractivity contribution is 4.48. The summed E-state index contributed by atoms with van der Waals surface area (Å²) in [6.07, 6.45) is -3.40. The molecule has 0 atom stereocenters. The Balaban J connectivity index is 3.33. The molecule has 55 valence electrons. The van der Waals surface area contributed by atoms with Crippen LogP contribution in [0, 0.1) is 6.92 Å². The fourth-order valence-corrected chi connectivity index (χ4v) is 0.260. The smallest absolute Gasteiger partial charge is 0.318 e. The number of hydrogen-bond donors (Lipinski definition) is 0. The second-order valence-electron chi connectivity index (χ2n) is 1.47. The van der Waals surface area contributed by atoms with Crippen LogP contribution in [0.2, 0.25) is 0 Å². The first-order valence-corrected chi connectivity index (χ1v) is 2.49. The summed E-state index contributed by atoms with van der Waals surface area (Å²) in [5.41, 5.74) is 0. The quantitative estimate of drug-likeness (QED) is 0.580. The maximum Gasteiger partial charge on any atom is 0.384 e. The van der Waals surface area contributed by atoms with E-state index in [0.717, 1.165) is 0 Å². The maximum absolute atomic E-state index is 11.7. The van der Waals surface area contributed by atoms with Gasteiger partial charge in [-0.25, -0.2) is 4.39 Å². The van der Waals surface area contributed by atoms with Crippen LogP contribution < -0.4 is 0 Å². The average Bonchev–Trinajstić information content (AvgIpc) is 1.84. The Morgan fingerprint density at radius 2 is 2.00 bits per heavy atom. The van der Waals surface area contributed by atoms with E-state index >= 15 is 0 Å². The minimum atomic E-state index is -3.61. The Morgan fingerprint density at radius 3 is 2.33 bits per heavy atom. The zero-order valence-electron chi connectivity index (χ0n) is 4.87. The van der Waals surface area contributed by atoms with Gasteiger partial charge in [0.1, 0.15) is 0 Å². The first-order valence-electron chi connectivity index (χ1n) is 2.49. The normalized spacial score (nSPS) is 12.0. The van der Waals surface area contributed by atoms with E-state index in [1.165, 1.54) is 0 Å². The van der Waals surface area contributed by atoms with Crippen LogP contribution >= 0.6 is 0 Å². The molecular weight excluding hydrogens is 133 g/mol. The van der Waals surface area contributed by atoms with Crippen LogP contribution in [-0.2, 0) is 4.74 Å². The van der Waals surface area contributed by atoms with E-state index in [1.807, 2.05) is 0 Å². The summed E-state index contributed by atoms with van der Waals surface area (Å²) in [4.78, 5) is 0. The lowest BCUT2D eigenvalue weighted by atomic mass is 10.5. The van der Waals surface area contributed by atoms with Crippen molar-refractivity contribution in [1.29, 1.82) is 0 Å². The molecule has 1 radical (unpaired) electrons. The fourth-order valence-electron chi connectivity index (χ4n) is 0.260. The van der Waals surface area contributed by atoms with E-state index in [-0.39, 0.29) is 13.0 Å². The van der Waals surface area contributed by atoms with Crippen molar-refractivity contribution >= 4 is 0 Å². The summed E-state index contributed by atoms with van der Waals surface area (Å²) in [7, 11) is 0. The fraction of sp³-hybridized carbons (Fsp3) is 0.800. The van der Waals surface area contributed by atoms with Gasteiger partial charge < -0.3 is 4.74 Å². The van der Waals surface area contributed by atoms with E-state index in [9.17, 15) is 13.2 Å². The molecule has 0 fully saturated rings. The molecule has 0 unspecified atom stereocenters. The molecule has 0 aliphatic rings. The van der Waals surface area contributed by atoms with Gasteiger partial charge in [0, 0.05) is 0 Å². The van der Waals surface area contributed by atoms with Crippen molar-refractivity contribution in [1.82, 2.24) is 0 Å². The summed E-state index contributed by atoms with van der Waals surface area (Å²) in [6, 6.07) is 0. The third-order valence-corrected chi connectivity index (χ3v) is 0.613. The molecule has 0 rings (SSSR count). The van der Waals surface area contributed by atoms with E-state index in [4.69, 9.17) is 0 Å². The lowest BCUT2D eigenvalue weighted by Crippen LogP contribution is -2.23. The molecule has 0 heterocycles. The van der Waals surface area contributed by atoms with Crippen LogP contribution in [0.3, 0.4) is 0 Å². The zero-order valence-corrected chi connectivity index (χ0v) is 4.87. The van der Waals surface area contributed by atoms with Crippen molar-refractivity contribution in [2.75, 3.05) is 13.3 Å². The molecule has 0 bridgehead atoms. The molecule has 0 aromatic rings. The Kier molecular flexibility index (Phi) is 3.61. The highest BCUT2D eigenvalue weighted by Crippen LogP contribution is 2.15. The second kappa shape index (κ2) is 3.71. The number of hydrogen-bond acceptors (Lipinski definition) is 1. The lowest BCUT2D eigenvalue weighted by Gasteiger charge is -2.10. The van der Waals surface area contributed by atoms with Gasteiger partial charge in [-0.2, -0.15) is 8.78 Å². The molecule has 9 heavy (non-hydrogen) atoms. The third kappa shape index (κ3) is 4.27. The molecule has 0 aliphatic heterocycles. The van der Waals surface area contributed by atoms with Gasteiger partial charge in [-0.3, -0.25) is 0 Å². The average molecular weight is 141 g/mol. The molecule has 0 spiro atoms. The molecule has 0 saturated heterocycles. The highest BCUT2D eigenvalue weighted by atomic mass is 19.3. The molecule has 4 heteroatoms. The van der Waals surface area contributed by atoms with Crippen molar-refractivity contribution in [3.8, 4) is 0 Å². The largest absolute Gasteiger partial charge is 0.384 e. The Morgan fingerprint density at radius 1 is 1.44 bits per heavy atom. The minimum absolute atomic E-state index is 0.211. The summed E-state index contributed by atoms with van der Waals surface area (Å²) in [5, 5.41) is 0. The predicted molar refractivity (Wildman–Crippen MR) is 26.8 cm³/mol. The number of alkyl halides is 3. The number of halogens is 3. The van der Waals surface area contributed by atoms with Crippen molar-refractivity contribution in [3.05, 3.63) is 6.92 Å². The SMILES string of the molecule is [CH2]CCOC(F)(F)CF. The molecule has 1 nitrogen and oxygen atoms in total. The Labute approximate surface area is 51.8 Å². The first-order chi connectivity index (χ1) is 4.12. The van der Waals surface area contributed by atoms with Crippen LogP contribution in [0.15, 0.2) is 0 Å². The summed E-state index contributed by atoms with van der Waals surface area (Å²) >= 11 is 0. The molecule has 0 aromatic heterocycles. The minimum Gasteiger partial charge on any atom is -0.318 e.